The molecule has 0 spiro atoms. The van der Waals surface area contributed by atoms with Crippen LogP contribution in [0.1, 0.15) is 40.5 Å². The Balaban J connectivity index is 1.74. The molecule has 1 N–H and O–H groups in total. The molecule has 1 saturated carbocycles. The molecule has 1 fully saturated rings. The molecule has 0 bridgehead atoms. The zero-order valence-corrected chi connectivity index (χ0v) is 14.1. The number of carbonyl (C=O) groups excluding carboxylic acids is 2. The third-order valence-corrected chi connectivity index (χ3v) is 4.44. The van der Waals surface area contributed by atoms with E-state index in [9.17, 15) is 9.59 Å². The van der Waals surface area contributed by atoms with E-state index >= 15 is 0 Å². The highest BCUT2D eigenvalue weighted by Crippen LogP contribution is 2.26. The third-order valence-electron chi connectivity index (χ3n) is 4.44. The van der Waals surface area contributed by atoms with Crippen LogP contribution in [0.15, 0.2) is 36.7 Å². The Bertz CT molecular complexity index is 1000. The molecule has 0 radical (unpaired) electrons. The van der Waals surface area contributed by atoms with Crippen LogP contribution in [0.3, 0.4) is 0 Å². The second-order valence-corrected chi connectivity index (χ2v) is 6.48. The number of fused-ring (bicyclic) bond motifs is 1. The molecule has 0 atom stereocenters. The maximum Gasteiger partial charge on any atom is 0.251 e. The van der Waals surface area contributed by atoms with Crippen molar-refractivity contribution in [3.8, 4) is 11.3 Å². The standard InChI is InChI=1S/C19H18N4O2/c1-11-3-4-13(19(25)22-15-5-6-15)7-16(11)17-8-14-9-21-23(12(2)24)18(14)10-20-17/h3-4,7-10,15H,5-6H2,1-2H3,(H,22,25). The second-order valence-electron chi connectivity index (χ2n) is 6.48. The Morgan fingerprint density at radius 2 is 2.00 bits per heavy atom. The number of amides is 1. The summed E-state index contributed by atoms with van der Waals surface area (Å²) in [5, 5.41) is 7.94. The minimum Gasteiger partial charge on any atom is -0.349 e. The van der Waals surface area contributed by atoms with E-state index in [2.05, 4.69) is 15.4 Å². The van der Waals surface area contributed by atoms with Gasteiger partial charge in [-0.1, -0.05) is 6.07 Å². The summed E-state index contributed by atoms with van der Waals surface area (Å²) in [5.74, 6) is -0.200. The molecule has 1 amide bonds. The Hall–Kier alpha value is -3.02. The molecular weight excluding hydrogens is 316 g/mol. The fourth-order valence-electron chi connectivity index (χ4n) is 2.86. The van der Waals surface area contributed by atoms with Gasteiger partial charge in [0.15, 0.2) is 0 Å². The second kappa shape index (κ2) is 5.81. The lowest BCUT2D eigenvalue weighted by atomic mass is 10.0. The fraction of sp³-hybridized carbons (Fsp3) is 0.263. The topological polar surface area (TPSA) is 76.9 Å². The number of hydrogen-bond acceptors (Lipinski definition) is 4. The molecule has 0 unspecified atom stereocenters. The summed E-state index contributed by atoms with van der Waals surface area (Å²) in [6.45, 7) is 3.45. The van der Waals surface area contributed by atoms with Gasteiger partial charge in [-0.2, -0.15) is 9.78 Å². The number of pyridine rings is 1. The average molecular weight is 334 g/mol. The van der Waals surface area contributed by atoms with Gasteiger partial charge in [-0.3, -0.25) is 14.6 Å². The van der Waals surface area contributed by atoms with Gasteiger partial charge in [-0.15, -0.1) is 0 Å². The summed E-state index contributed by atoms with van der Waals surface area (Å²) in [6.07, 6.45) is 5.42. The van der Waals surface area contributed by atoms with Gasteiger partial charge in [0.2, 0.25) is 5.91 Å². The molecule has 6 nitrogen and oxygen atoms in total. The predicted octanol–water partition coefficient (Wildman–Crippen LogP) is 2.96. The van der Waals surface area contributed by atoms with Crippen LogP contribution in [0.2, 0.25) is 0 Å². The number of nitrogens with zero attached hydrogens (tertiary/aromatic N) is 3. The number of rotatable bonds is 3. The molecule has 25 heavy (non-hydrogen) atoms. The maximum atomic E-state index is 12.3. The van der Waals surface area contributed by atoms with Crippen molar-refractivity contribution in [3.05, 3.63) is 47.8 Å². The highest BCUT2D eigenvalue weighted by Gasteiger charge is 2.24. The third kappa shape index (κ3) is 2.91. The highest BCUT2D eigenvalue weighted by molar-refractivity contribution is 5.96. The van der Waals surface area contributed by atoms with Crippen LogP contribution < -0.4 is 5.32 Å². The number of aryl methyl sites for hydroxylation is 1. The summed E-state index contributed by atoms with van der Waals surface area (Å²) >= 11 is 0. The monoisotopic (exact) mass is 334 g/mol. The van der Waals surface area contributed by atoms with Gasteiger partial charge in [0.25, 0.3) is 5.91 Å². The zero-order valence-electron chi connectivity index (χ0n) is 14.1. The molecule has 0 saturated heterocycles. The number of hydrogen-bond donors (Lipinski definition) is 1. The van der Waals surface area contributed by atoms with Crippen LogP contribution in [-0.4, -0.2) is 32.6 Å². The van der Waals surface area contributed by atoms with Crippen molar-refractivity contribution in [1.29, 1.82) is 0 Å². The van der Waals surface area contributed by atoms with Gasteiger partial charge in [-0.25, -0.2) is 0 Å². The first-order valence-corrected chi connectivity index (χ1v) is 8.29. The first kappa shape index (κ1) is 15.5. The molecule has 1 aliphatic rings. The van der Waals surface area contributed by atoms with Gasteiger partial charge >= 0.3 is 0 Å². The van der Waals surface area contributed by atoms with Crippen LogP contribution in [0.25, 0.3) is 22.2 Å². The van der Waals surface area contributed by atoms with Crippen molar-refractivity contribution in [2.75, 3.05) is 0 Å². The summed E-state index contributed by atoms with van der Waals surface area (Å²) in [6, 6.07) is 7.86. The van der Waals surface area contributed by atoms with Gasteiger partial charge in [0.05, 0.1) is 23.6 Å². The normalized spacial score (nSPS) is 13.8. The minimum atomic E-state index is -0.153. The first-order chi connectivity index (χ1) is 12.0. The van der Waals surface area contributed by atoms with E-state index in [1.807, 2.05) is 31.2 Å². The molecule has 0 aliphatic heterocycles. The van der Waals surface area contributed by atoms with Crippen LogP contribution >= 0.6 is 0 Å². The summed E-state index contributed by atoms with van der Waals surface area (Å²) < 4.78 is 1.33. The quantitative estimate of drug-likeness (QED) is 0.799. The zero-order chi connectivity index (χ0) is 17.6. The van der Waals surface area contributed by atoms with Crippen LogP contribution in [0.4, 0.5) is 0 Å². The van der Waals surface area contributed by atoms with E-state index in [0.717, 1.165) is 35.0 Å². The van der Waals surface area contributed by atoms with Crippen molar-refractivity contribution >= 4 is 22.7 Å². The van der Waals surface area contributed by atoms with Gasteiger partial charge in [-0.05, 0) is 43.5 Å². The van der Waals surface area contributed by atoms with Crippen molar-refractivity contribution in [2.24, 2.45) is 0 Å². The molecular formula is C19H18N4O2. The van der Waals surface area contributed by atoms with E-state index in [-0.39, 0.29) is 11.8 Å². The van der Waals surface area contributed by atoms with E-state index in [1.165, 1.54) is 11.6 Å². The summed E-state index contributed by atoms with van der Waals surface area (Å²) in [4.78, 5) is 28.4. The number of carbonyl (C=O) groups is 2. The van der Waals surface area contributed by atoms with Crippen molar-refractivity contribution in [1.82, 2.24) is 20.1 Å². The van der Waals surface area contributed by atoms with E-state index in [1.54, 1.807) is 12.4 Å². The highest BCUT2D eigenvalue weighted by atomic mass is 16.2. The molecule has 3 aromatic rings. The maximum absolute atomic E-state index is 12.3. The van der Waals surface area contributed by atoms with Crippen molar-refractivity contribution in [3.63, 3.8) is 0 Å². The summed E-state index contributed by atoms with van der Waals surface area (Å²) in [5.41, 5.74) is 4.01. The average Bonchev–Trinajstić information content (AvgIpc) is 3.30. The lowest BCUT2D eigenvalue weighted by Crippen LogP contribution is -2.25. The van der Waals surface area contributed by atoms with E-state index in [4.69, 9.17) is 0 Å². The van der Waals surface area contributed by atoms with Crippen molar-refractivity contribution < 1.29 is 9.59 Å². The lowest BCUT2D eigenvalue weighted by molar-refractivity contribution is 0.0924. The molecule has 2 heterocycles. The molecule has 126 valence electrons. The van der Waals surface area contributed by atoms with Crippen molar-refractivity contribution in [2.45, 2.75) is 32.7 Å². The van der Waals surface area contributed by atoms with Gasteiger partial charge < -0.3 is 5.32 Å². The van der Waals surface area contributed by atoms with Crippen LogP contribution in [0, 0.1) is 6.92 Å². The molecule has 2 aromatic heterocycles. The Morgan fingerprint density at radius 3 is 2.72 bits per heavy atom. The van der Waals surface area contributed by atoms with Crippen LogP contribution in [-0.2, 0) is 0 Å². The largest absolute Gasteiger partial charge is 0.349 e. The number of aromatic nitrogens is 3. The van der Waals surface area contributed by atoms with Gasteiger partial charge in [0, 0.05) is 29.5 Å². The van der Waals surface area contributed by atoms with E-state index in [0.29, 0.717) is 17.1 Å². The fourth-order valence-corrected chi connectivity index (χ4v) is 2.86. The Kier molecular flexibility index (Phi) is 3.60. The predicted molar refractivity (Wildman–Crippen MR) is 94.5 cm³/mol. The minimum absolute atomic E-state index is 0.0470. The lowest BCUT2D eigenvalue weighted by Gasteiger charge is -2.09. The van der Waals surface area contributed by atoms with Gasteiger partial charge in [0.1, 0.15) is 0 Å². The SMILES string of the molecule is CC(=O)n1ncc2cc(-c3cc(C(=O)NC4CC4)ccc3C)ncc21. The Morgan fingerprint density at radius 1 is 1.20 bits per heavy atom. The smallest absolute Gasteiger partial charge is 0.251 e. The number of benzene rings is 1. The molecule has 1 aliphatic carbocycles. The molecule has 6 heteroatoms. The summed E-state index contributed by atoms with van der Waals surface area (Å²) in [7, 11) is 0. The molecule has 1 aromatic carbocycles. The van der Waals surface area contributed by atoms with Crippen LogP contribution in [0.5, 0.6) is 0 Å². The molecule has 4 rings (SSSR count). The number of nitrogens with one attached hydrogen (secondary N) is 1. The Labute approximate surface area is 144 Å². The van der Waals surface area contributed by atoms with E-state index < -0.39 is 0 Å². The first-order valence-electron chi connectivity index (χ1n) is 8.29.